The maximum Gasteiger partial charge on any atom is 0.291 e. The van der Waals surface area contributed by atoms with Crippen LogP contribution in [0.25, 0.3) is 0 Å². The molecule has 0 unspecified atom stereocenters. The maximum atomic E-state index is 13.1. The van der Waals surface area contributed by atoms with Crippen molar-refractivity contribution in [2.45, 2.75) is 13.3 Å². The minimum Gasteiger partial charge on any atom is -0.494 e. The highest BCUT2D eigenvalue weighted by atomic mass is 32.1. The average Bonchev–Trinajstić information content (AvgIpc) is 3.42. The second-order valence-corrected chi connectivity index (χ2v) is 6.97. The van der Waals surface area contributed by atoms with E-state index in [9.17, 15) is 9.59 Å². The van der Waals surface area contributed by atoms with Crippen molar-refractivity contribution in [1.29, 1.82) is 5.26 Å². The Morgan fingerprint density at radius 3 is 2.66 bits per heavy atom. The average molecular weight is 409 g/mol. The Bertz CT molecular complexity index is 1000. The summed E-state index contributed by atoms with van der Waals surface area (Å²) in [7, 11) is 0. The van der Waals surface area contributed by atoms with Crippen LogP contribution in [0.15, 0.2) is 59.2 Å². The molecule has 29 heavy (non-hydrogen) atoms. The number of thiophene rings is 1. The second kappa shape index (κ2) is 9.57. The molecule has 3 rings (SSSR count). The van der Waals surface area contributed by atoms with Crippen molar-refractivity contribution >= 4 is 33.8 Å². The van der Waals surface area contributed by atoms with E-state index in [0.717, 1.165) is 11.3 Å². The van der Waals surface area contributed by atoms with Gasteiger partial charge in [0.2, 0.25) is 0 Å². The van der Waals surface area contributed by atoms with Crippen LogP contribution in [0.3, 0.4) is 0 Å². The molecule has 0 spiro atoms. The molecule has 0 aliphatic rings. The predicted octanol–water partition coefficient (Wildman–Crippen LogP) is 4.55. The molecule has 1 aromatic carbocycles. The van der Waals surface area contributed by atoms with Crippen LogP contribution < -0.4 is 15.0 Å². The third-order valence-corrected chi connectivity index (χ3v) is 4.94. The van der Waals surface area contributed by atoms with Gasteiger partial charge in [-0.05, 0) is 55.5 Å². The van der Waals surface area contributed by atoms with Gasteiger partial charge < -0.3 is 19.4 Å². The van der Waals surface area contributed by atoms with Crippen molar-refractivity contribution in [2.75, 3.05) is 23.4 Å². The molecule has 2 amide bonds. The van der Waals surface area contributed by atoms with Crippen LogP contribution >= 0.6 is 11.3 Å². The van der Waals surface area contributed by atoms with E-state index >= 15 is 0 Å². The molecule has 0 bridgehead atoms. The Kier molecular flexibility index (Phi) is 6.66. The fourth-order valence-corrected chi connectivity index (χ4v) is 3.48. The summed E-state index contributed by atoms with van der Waals surface area (Å²) in [6.45, 7) is 2.71. The Morgan fingerprint density at radius 2 is 2.00 bits per heavy atom. The van der Waals surface area contributed by atoms with E-state index in [1.807, 2.05) is 6.92 Å². The number of rotatable bonds is 8. The third kappa shape index (κ3) is 5.03. The fraction of sp³-hybridized carbons (Fsp3) is 0.190. The van der Waals surface area contributed by atoms with Gasteiger partial charge in [-0.2, -0.15) is 5.26 Å². The van der Waals surface area contributed by atoms with Crippen molar-refractivity contribution in [3.63, 3.8) is 0 Å². The highest BCUT2D eigenvalue weighted by Crippen LogP contribution is 2.27. The first kappa shape index (κ1) is 20.2. The lowest BCUT2D eigenvalue weighted by atomic mass is 10.2. The van der Waals surface area contributed by atoms with Crippen molar-refractivity contribution in [3.8, 4) is 11.8 Å². The van der Waals surface area contributed by atoms with E-state index in [4.69, 9.17) is 14.4 Å². The highest BCUT2D eigenvalue weighted by molar-refractivity contribution is 7.18. The van der Waals surface area contributed by atoms with Crippen LogP contribution in [-0.2, 0) is 0 Å². The van der Waals surface area contributed by atoms with Crippen LogP contribution in [0, 0.1) is 11.3 Å². The van der Waals surface area contributed by atoms with Gasteiger partial charge >= 0.3 is 0 Å². The molecule has 0 atom stereocenters. The molecular weight excluding hydrogens is 390 g/mol. The number of nitrogens with zero attached hydrogens (tertiary/aromatic N) is 2. The normalized spacial score (nSPS) is 10.2. The van der Waals surface area contributed by atoms with Crippen LogP contribution in [0.5, 0.6) is 5.75 Å². The van der Waals surface area contributed by atoms with E-state index in [2.05, 4.69) is 11.4 Å². The number of nitrogens with one attached hydrogen (secondary N) is 1. The van der Waals surface area contributed by atoms with Gasteiger partial charge in [-0.25, -0.2) is 0 Å². The first-order valence-electron chi connectivity index (χ1n) is 8.98. The summed E-state index contributed by atoms with van der Waals surface area (Å²) in [5.41, 5.74) is 0.670. The van der Waals surface area contributed by atoms with Gasteiger partial charge in [0, 0.05) is 12.2 Å². The second-order valence-electron chi connectivity index (χ2n) is 5.89. The molecule has 1 N–H and O–H groups in total. The van der Waals surface area contributed by atoms with Crippen LogP contribution in [-0.4, -0.2) is 25.0 Å². The van der Waals surface area contributed by atoms with E-state index in [0.29, 0.717) is 27.9 Å². The number of carbonyl (C=O) groups excluding carboxylic acids is 2. The van der Waals surface area contributed by atoms with Gasteiger partial charge in [-0.1, -0.05) is 0 Å². The number of furan rings is 1. The summed E-state index contributed by atoms with van der Waals surface area (Å²) in [6, 6.07) is 15.7. The fourth-order valence-electron chi connectivity index (χ4n) is 2.63. The molecule has 2 heterocycles. The molecule has 0 saturated heterocycles. The lowest BCUT2D eigenvalue weighted by Crippen LogP contribution is -2.31. The van der Waals surface area contributed by atoms with E-state index < -0.39 is 0 Å². The number of nitriles is 1. The Hall–Kier alpha value is -3.57. The lowest BCUT2D eigenvalue weighted by molar-refractivity contribution is 0.0985. The summed E-state index contributed by atoms with van der Waals surface area (Å²) in [5, 5.41) is 12.2. The number of ether oxygens (including phenoxy) is 1. The molecule has 0 aliphatic carbocycles. The quantitative estimate of drug-likeness (QED) is 0.589. The molecule has 3 aromatic rings. The number of hydrogen-bond acceptors (Lipinski definition) is 6. The molecule has 0 aliphatic heterocycles. The topological polar surface area (TPSA) is 95.6 Å². The van der Waals surface area contributed by atoms with Gasteiger partial charge in [-0.15, -0.1) is 11.3 Å². The zero-order valence-corrected chi connectivity index (χ0v) is 16.6. The summed E-state index contributed by atoms with van der Waals surface area (Å²) < 4.78 is 10.5. The standard InChI is InChI=1S/C21H19N3O4S/c1-2-27-16-8-6-15(7-9-16)24(13-4-12-22)21(26)18-10-11-19(29-18)23-20(25)17-5-3-14-28-17/h3,5-11,14H,2,4,13H2,1H3,(H,23,25). The van der Waals surface area contributed by atoms with Crippen LogP contribution in [0.4, 0.5) is 10.7 Å². The van der Waals surface area contributed by atoms with Gasteiger partial charge in [0.25, 0.3) is 11.8 Å². The lowest BCUT2D eigenvalue weighted by Gasteiger charge is -2.21. The van der Waals surface area contributed by atoms with Crippen molar-refractivity contribution in [3.05, 3.63) is 65.4 Å². The highest BCUT2D eigenvalue weighted by Gasteiger charge is 2.20. The summed E-state index contributed by atoms with van der Waals surface area (Å²) in [6.07, 6.45) is 1.62. The smallest absolute Gasteiger partial charge is 0.291 e. The number of carbonyl (C=O) groups is 2. The zero-order chi connectivity index (χ0) is 20.6. The maximum absolute atomic E-state index is 13.1. The molecule has 0 fully saturated rings. The van der Waals surface area contributed by atoms with Gasteiger partial charge in [0.05, 0.1) is 35.2 Å². The SMILES string of the molecule is CCOc1ccc(N(CCC#N)C(=O)c2ccc(NC(=O)c3ccco3)s2)cc1. The Balaban J connectivity index is 1.76. The summed E-state index contributed by atoms with van der Waals surface area (Å²) in [5.74, 6) is 0.274. The molecular formula is C21H19N3O4S. The largest absolute Gasteiger partial charge is 0.494 e. The molecule has 7 nitrogen and oxygen atoms in total. The Labute approximate surface area is 172 Å². The molecule has 0 radical (unpaired) electrons. The minimum absolute atomic E-state index is 0.191. The van der Waals surface area contributed by atoms with Gasteiger partial charge in [0.1, 0.15) is 5.75 Å². The summed E-state index contributed by atoms with van der Waals surface area (Å²) in [4.78, 5) is 27.1. The molecule has 148 valence electrons. The van der Waals surface area contributed by atoms with Crippen molar-refractivity contribution < 1.29 is 18.7 Å². The predicted molar refractivity (Wildman–Crippen MR) is 110 cm³/mol. The monoisotopic (exact) mass is 409 g/mol. The molecule has 2 aromatic heterocycles. The number of amides is 2. The van der Waals surface area contributed by atoms with E-state index in [-0.39, 0.29) is 30.5 Å². The number of benzene rings is 1. The van der Waals surface area contributed by atoms with Crippen molar-refractivity contribution in [2.24, 2.45) is 0 Å². The van der Waals surface area contributed by atoms with Gasteiger partial charge in [-0.3, -0.25) is 9.59 Å². The third-order valence-electron chi connectivity index (χ3n) is 3.95. The molecule has 8 heteroatoms. The first-order chi connectivity index (χ1) is 14.1. The zero-order valence-electron chi connectivity index (χ0n) is 15.8. The number of hydrogen-bond donors (Lipinski definition) is 1. The minimum atomic E-state index is -0.385. The van der Waals surface area contributed by atoms with E-state index in [1.165, 1.54) is 6.26 Å². The first-order valence-corrected chi connectivity index (χ1v) is 9.80. The van der Waals surface area contributed by atoms with Crippen LogP contribution in [0.2, 0.25) is 0 Å². The van der Waals surface area contributed by atoms with E-state index in [1.54, 1.807) is 53.4 Å². The molecule has 0 saturated carbocycles. The van der Waals surface area contributed by atoms with Crippen LogP contribution in [0.1, 0.15) is 33.6 Å². The van der Waals surface area contributed by atoms with Gasteiger partial charge in [0.15, 0.2) is 5.76 Å². The summed E-state index contributed by atoms with van der Waals surface area (Å²) >= 11 is 1.16. The van der Waals surface area contributed by atoms with Crippen molar-refractivity contribution in [1.82, 2.24) is 0 Å². The number of anilines is 2. The Morgan fingerprint density at radius 1 is 1.21 bits per heavy atom.